The minimum Gasteiger partial charge on any atom is -0.378 e. The highest BCUT2D eigenvalue weighted by Gasteiger charge is 2.22. The molecule has 4 heteroatoms. The molecule has 0 aromatic carbocycles. The molecule has 0 spiro atoms. The maximum Gasteiger partial charge on any atom is 0.222 e. The Bertz CT molecular complexity index is 252. The van der Waals surface area contributed by atoms with Crippen molar-refractivity contribution in [1.29, 1.82) is 0 Å². The largest absolute Gasteiger partial charge is 0.378 e. The minimum atomic E-state index is 0.179. The lowest BCUT2D eigenvalue weighted by atomic mass is 10.0. The van der Waals surface area contributed by atoms with Gasteiger partial charge < -0.3 is 15.4 Å². The van der Waals surface area contributed by atoms with Crippen molar-refractivity contribution in [2.45, 2.75) is 57.1 Å². The quantitative estimate of drug-likeness (QED) is 0.808. The van der Waals surface area contributed by atoms with Crippen molar-refractivity contribution in [1.82, 2.24) is 4.90 Å². The Balaban J connectivity index is 1.69. The number of carbonyl (C=O) groups excluding carboxylic acids is 1. The number of hydrogen-bond acceptors (Lipinski definition) is 3. The van der Waals surface area contributed by atoms with Gasteiger partial charge in [-0.2, -0.15) is 0 Å². The summed E-state index contributed by atoms with van der Waals surface area (Å²) < 4.78 is 5.64. The van der Waals surface area contributed by atoms with Crippen LogP contribution in [0.1, 0.15) is 44.9 Å². The van der Waals surface area contributed by atoms with Crippen molar-refractivity contribution in [3.8, 4) is 0 Å². The number of piperidine rings is 1. The van der Waals surface area contributed by atoms with Gasteiger partial charge in [0.1, 0.15) is 0 Å². The summed E-state index contributed by atoms with van der Waals surface area (Å²) >= 11 is 0. The summed E-state index contributed by atoms with van der Waals surface area (Å²) in [5, 5.41) is 0. The molecule has 2 N–H and O–H groups in total. The van der Waals surface area contributed by atoms with E-state index in [1.807, 2.05) is 4.90 Å². The van der Waals surface area contributed by atoms with Crippen LogP contribution in [0, 0.1) is 0 Å². The molecule has 0 aromatic heterocycles. The molecule has 1 amide bonds. The Hall–Kier alpha value is -0.610. The van der Waals surface area contributed by atoms with Crippen LogP contribution in [0.25, 0.3) is 0 Å². The van der Waals surface area contributed by atoms with Crippen molar-refractivity contribution in [2.75, 3.05) is 19.7 Å². The molecule has 0 saturated carbocycles. The van der Waals surface area contributed by atoms with E-state index in [1.54, 1.807) is 0 Å². The number of ether oxygens (including phenoxy) is 1. The number of amides is 1. The third kappa shape index (κ3) is 3.96. The van der Waals surface area contributed by atoms with Gasteiger partial charge in [-0.25, -0.2) is 0 Å². The molecule has 0 bridgehead atoms. The average Bonchev–Trinajstić information content (AvgIpc) is 2.37. The predicted molar refractivity (Wildman–Crippen MR) is 66.6 cm³/mol. The molecular weight excluding hydrogens is 216 g/mol. The van der Waals surface area contributed by atoms with E-state index >= 15 is 0 Å². The second kappa shape index (κ2) is 6.36. The highest BCUT2D eigenvalue weighted by Crippen LogP contribution is 2.18. The lowest BCUT2D eigenvalue weighted by Crippen LogP contribution is -2.45. The van der Waals surface area contributed by atoms with Crippen LogP contribution in [0.15, 0.2) is 0 Å². The molecule has 2 saturated heterocycles. The molecule has 2 aliphatic heterocycles. The summed E-state index contributed by atoms with van der Waals surface area (Å²) in [5.74, 6) is 0.259. The van der Waals surface area contributed by atoms with Crippen LogP contribution in [0.2, 0.25) is 0 Å². The predicted octanol–water partition coefficient (Wildman–Crippen LogP) is 1.29. The zero-order valence-corrected chi connectivity index (χ0v) is 10.6. The van der Waals surface area contributed by atoms with Crippen molar-refractivity contribution >= 4 is 5.91 Å². The number of hydrogen-bond donors (Lipinski definition) is 1. The standard InChI is InChI=1S/C13H24N2O2/c14-11-4-3-8-15(10-11)13(16)7-6-12-5-1-2-9-17-12/h11-12H,1-10,14H2. The molecule has 2 unspecified atom stereocenters. The molecule has 2 fully saturated rings. The van der Waals surface area contributed by atoms with Gasteiger partial charge in [0.2, 0.25) is 5.91 Å². The number of carbonyl (C=O) groups is 1. The van der Waals surface area contributed by atoms with Gasteiger partial charge in [0.05, 0.1) is 6.10 Å². The van der Waals surface area contributed by atoms with Gasteiger partial charge in [-0.1, -0.05) is 0 Å². The Morgan fingerprint density at radius 2 is 2.18 bits per heavy atom. The van der Waals surface area contributed by atoms with Crippen LogP contribution in [0.5, 0.6) is 0 Å². The van der Waals surface area contributed by atoms with E-state index in [4.69, 9.17) is 10.5 Å². The molecular formula is C13H24N2O2. The number of nitrogens with two attached hydrogens (primary N) is 1. The molecule has 0 aliphatic carbocycles. The van der Waals surface area contributed by atoms with Crippen molar-refractivity contribution < 1.29 is 9.53 Å². The molecule has 2 heterocycles. The van der Waals surface area contributed by atoms with Gasteiger partial charge in [-0.3, -0.25) is 4.79 Å². The van der Waals surface area contributed by atoms with Crippen LogP contribution in [0.3, 0.4) is 0 Å². The highest BCUT2D eigenvalue weighted by molar-refractivity contribution is 5.76. The first kappa shape index (κ1) is 12.8. The summed E-state index contributed by atoms with van der Waals surface area (Å²) in [6.45, 7) is 2.50. The molecule has 98 valence electrons. The monoisotopic (exact) mass is 240 g/mol. The smallest absolute Gasteiger partial charge is 0.222 e. The van der Waals surface area contributed by atoms with Crippen molar-refractivity contribution in [2.24, 2.45) is 5.73 Å². The molecule has 0 aromatic rings. The van der Waals surface area contributed by atoms with Crippen LogP contribution in [-0.4, -0.2) is 42.6 Å². The molecule has 4 nitrogen and oxygen atoms in total. The third-order valence-corrected chi connectivity index (χ3v) is 3.76. The molecule has 0 radical (unpaired) electrons. The van der Waals surface area contributed by atoms with Crippen LogP contribution < -0.4 is 5.73 Å². The second-order valence-electron chi connectivity index (χ2n) is 5.27. The first-order valence-corrected chi connectivity index (χ1v) is 6.90. The zero-order chi connectivity index (χ0) is 12.1. The first-order valence-electron chi connectivity index (χ1n) is 6.90. The topological polar surface area (TPSA) is 55.6 Å². The van der Waals surface area contributed by atoms with Crippen LogP contribution >= 0.6 is 0 Å². The van der Waals surface area contributed by atoms with Gasteiger partial charge >= 0.3 is 0 Å². The summed E-state index contributed by atoms with van der Waals surface area (Å²) in [4.78, 5) is 13.9. The average molecular weight is 240 g/mol. The molecule has 17 heavy (non-hydrogen) atoms. The Morgan fingerprint density at radius 1 is 1.29 bits per heavy atom. The summed E-state index contributed by atoms with van der Waals surface area (Å²) in [6.07, 6.45) is 7.45. The van der Waals surface area contributed by atoms with Crippen molar-refractivity contribution in [3.63, 3.8) is 0 Å². The Kier molecular flexibility index (Phi) is 4.80. The van der Waals surface area contributed by atoms with Crippen molar-refractivity contribution in [3.05, 3.63) is 0 Å². The number of nitrogens with zero attached hydrogens (tertiary/aromatic N) is 1. The van der Waals surface area contributed by atoms with E-state index in [0.717, 1.165) is 45.4 Å². The maximum atomic E-state index is 12.0. The summed E-state index contributed by atoms with van der Waals surface area (Å²) in [5.41, 5.74) is 5.88. The van der Waals surface area contributed by atoms with E-state index in [-0.39, 0.29) is 11.9 Å². The van der Waals surface area contributed by atoms with Crippen LogP contribution in [0.4, 0.5) is 0 Å². The van der Waals surface area contributed by atoms with Gasteiger partial charge in [-0.15, -0.1) is 0 Å². The lowest BCUT2D eigenvalue weighted by Gasteiger charge is -2.31. The fourth-order valence-corrected chi connectivity index (χ4v) is 2.71. The van der Waals surface area contributed by atoms with E-state index in [0.29, 0.717) is 12.5 Å². The third-order valence-electron chi connectivity index (χ3n) is 3.76. The van der Waals surface area contributed by atoms with Gasteiger partial charge in [0.15, 0.2) is 0 Å². The number of likely N-dealkylation sites (tertiary alicyclic amines) is 1. The highest BCUT2D eigenvalue weighted by atomic mass is 16.5. The fraction of sp³-hybridized carbons (Fsp3) is 0.923. The van der Waals surface area contributed by atoms with E-state index in [9.17, 15) is 4.79 Å². The van der Waals surface area contributed by atoms with E-state index in [1.165, 1.54) is 12.8 Å². The Labute approximate surface area is 103 Å². The summed E-state index contributed by atoms with van der Waals surface area (Å²) in [6, 6.07) is 0.179. The second-order valence-corrected chi connectivity index (χ2v) is 5.27. The normalized spacial score (nSPS) is 30.3. The Morgan fingerprint density at radius 3 is 2.88 bits per heavy atom. The molecule has 2 atom stereocenters. The first-order chi connectivity index (χ1) is 8.25. The molecule has 2 rings (SSSR count). The van der Waals surface area contributed by atoms with Gasteiger partial charge in [0, 0.05) is 32.2 Å². The summed E-state index contributed by atoms with van der Waals surface area (Å²) in [7, 11) is 0. The maximum absolute atomic E-state index is 12.0. The van der Waals surface area contributed by atoms with Gasteiger partial charge in [0.25, 0.3) is 0 Å². The SMILES string of the molecule is NC1CCCN(C(=O)CCC2CCCCO2)C1. The lowest BCUT2D eigenvalue weighted by molar-refractivity contribution is -0.133. The zero-order valence-electron chi connectivity index (χ0n) is 10.6. The fourth-order valence-electron chi connectivity index (χ4n) is 2.71. The molecule has 2 aliphatic rings. The van der Waals surface area contributed by atoms with Crippen LogP contribution in [-0.2, 0) is 9.53 Å². The minimum absolute atomic E-state index is 0.179. The van der Waals surface area contributed by atoms with E-state index in [2.05, 4.69) is 0 Å². The van der Waals surface area contributed by atoms with E-state index < -0.39 is 0 Å². The number of rotatable bonds is 3. The van der Waals surface area contributed by atoms with Gasteiger partial charge in [-0.05, 0) is 38.5 Å².